The first kappa shape index (κ1) is 22.0. The lowest BCUT2D eigenvalue weighted by atomic mass is 10.2. The van der Waals surface area contributed by atoms with Gasteiger partial charge < -0.3 is 19.7 Å². The molecule has 32 heavy (non-hydrogen) atoms. The van der Waals surface area contributed by atoms with Gasteiger partial charge in [0.05, 0.1) is 25.1 Å². The van der Waals surface area contributed by atoms with Crippen molar-refractivity contribution in [3.8, 4) is 5.75 Å². The second-order valence-electron chi connectivity index (χ2n) is 7.05. The molecule has 3 aromatic rings. The number of ether oxygens (including phenoxy) is 2. The summed E-state index contributed by atoms with van der Waals surface area (Å²) in [7, 11) is 0. The largest absolute Gasteiger partial charge is 0.471 e. The summed E-state index contributed by atoms with van der Waals surface area (Å²) in [5, 5.41) is 11.3. The third kappa shape index (κ3) is 5.00. The second-order valence-corrected chi connectivity index (χ2v) is 7.96. The molecule has 0 aliphatic carbocycles. The van der Waals surface area contributed by atoms with Crippen molar-refractivity contribution in [1.82, 2.24) is 24.5 Å². The normalized spacial score (nSPS) is 13.8. The maximum atomic E-state index is 13.0. The summed E-state index contributed by atoms with van der Waals surface area (Å²) in [5.74, 6) is 0.0726. The molecule has 1 aliphatic heterocycles. The van der Waals surface area contributed by atoms with E-state index in [2.05, 4.69) is 31.4 Å². The smallest absolute Gasteiger partial charge is 0.276 e. The van der Waals surface area contributed by atoms with Crippen LogP contribution in [0.15, 0.2) is 47.2 Å². The molecule has 0 atom stereocenters. The number of nitrogens with one attached hydrogen (secondary N) is 1. The van der Waals surface area contributed by atoms with E-state index < -0.39 is 5.91 Å². The second kappa shape index (κ2) is 9.96. The number of anilines is 1. The lowest BCUT2D eigenvalue weighted by Gasteiger charge is -2.27. The van der Waals surface area contributed by atoms with E-state index in [0.717, 1.165) is 4.47 Å². The van der Waals surface area contributed by atoms with Crippen molar-refractivity contribution in [3.63, 3.8) is 0 Å². The van der Waals surface area contributed by atoms with Gasteiger partial charge in [0.25, 0.3) is 11.8 Å². The summed E-state index contributed by atoms with van der Waals surface area (Å²) < 4.78 is 15.1. The number of hydrogen-bond acceptors (Lipinski definition) is 6. The molecule has 0 radical (unpaired) electrons. The van der Waals surface area contributed by atoms with E-state index in [-0.39, 0.29) is 18.3 Å². The van der Waals surface area contributed by atoms with Crippen LogP contribution in [0.2, 0.25) is 0 Å². The Morgan fingerprint density at radius 1 is 1.19 bits per heavy atom. The highest BCUT2D eigenvalue weighted by atomic mass is 79.9. The highest BCUT2D eigenvalue weighted by molar-refractivity contribution is 9.10. The molecule has 3 heterocycles. The van der Waals surface area contributed by atoms with E-state index in [9.17, 15) is 9.59 Å². The maximum absolute atomic E-state index is 13.0. The zero-order chi connectivity index (χ0) is 22.5. The number of nitrogens with zero attached hydrogens (tertiary/aromatic N) is 5. The molecule has 168 valence electrons. The Bertz CT molecular complexity index is 1090. The third-order valence-corrected chi connectivity index (χ3v) is 5.47. The highest BCUT2D eigenvalue weighted by Crippen LogP contribution is 2.20. The van der Waals surface area contributed by atoms with Crippen LogP contribution in [-0.4, -0.2) is 62.6 Å². The number of carbonyl (C=O) groups excluding carboxylic acids is 2. The summed E-state index contributed by atoms with van der Waals surface area (Å²) in [5.41, 5.74) is 0.910. The average molecular weight is 503 g/mol. The van der Waals surface area contributed by atoms with Crippen LogP contribution in [0.3, 0.4) is 0 Å². The monoisotopic (exact) mass is 502 g/mol. The van der Waals surface area contributed by atoms with Gasteiger partial charge in [-0.25, -0.2) is 4.68 Å². The van der Waals surface area contributed by atoms with Crippen molar-refractivity contribution in [2.45, 2.75) is 20.2 Å². The predicted octanol–water partition coefficient (Wildman–Crippen LogP) is 2.62. The number of aromatic nitrogens is 4. The summed E-state index contributed by atoms with van der Waals surface area (Å²) in [4.78, 5) is 27.5. The summed E-state index contributed by atoms with van der Waals surface area (Å²) in [6.45, 7) is 4.54. The minimum Gasteiger partial charge on any atom is -0.471 e. The number of benzene rings is 1. The summed E-state index contributed by atoms with van der Waals surface area (Å²) >= 11 is 3.38. The van der Waals surface area contributed by atoms with Gasteiger partial charge in [0, 0.05) is 30.3 Å². The lowest BCUT2D eigenvalue weighted by molar-refractivity contribution is 0.0295. The fourth-order valence-electron chi connectivity index (χ4n) is 3.27. The number of halogens is 1. The third-order valence-electron chi connectivity index (χ3n) is 4.94. The van der Waals surface area contributed by atoms with Gasteiger partial charge in [0.1, 0.15) is 11.4 Å². The van der Waals surface area contributed by atoms with Crippen LogP contribution in [0.4, 0.5) is 5.69 Å². The molecule has 1 saturated heterocycles. The highest BCUT2D eigenvalue weighted by Gasteiger charge is 2.26. The molecule has 11 heteroatoms. The average Bonchev–Trinajstić information content (AvgIpc) is 3.46. The van der Waals surface area contributed by atoms with Gasteiger partial charge >= 0.3 is 0 Å². The van der Waals surface area contributed by atoms with Gasteiger partial charge in [-0.3, -0.25) is 14.3 Å². The molecule has 0 unspecified atom stereocenters. The topological polar surface area (TPSA) is 104 Å². The van der Waals surface area contributed by atoms with Gasteiger partial charge in [-0.05, 0) is 37.3 Å². The molecule has 1 fully saturated rings. The predicted molar refractivity (Wildman–Crippen MR) is 120 cm³/mol. The number of carbonyl (C=O) groups is 2. The van der Waals surface area contributed by atoms with Crippen LogP contribution in [0, 0.1) is 0 Å². The number of hydrogen-bond donors (Lipinski definition) is 1. The van der Waals surface area contributed by atoms with Gasteiger partial charge in [-0.1, -0.05) is 15.9 Å². The van der Waals surface area contributed by atoms with Gasteiger partial charge in [-0.2, -0.15) is 10.2 Å². The first-order valence-corrected chi connectivity index (χ1v) is 11.0. The quantitative estimate of drug-likeness (QED) is 0.532. The van der Waals surface area contributed by atoms with Gasteiger partial charge in [0.2, 0.25) is 0 Å². The number of amides is 2. The first-order chi connectivity index (χ1) is 15.5. The molecular weight excluding hydrogens is 480 g/mol. The molecule has 0 bridgehead atoms. The molecule has 1 aliphatic rings. The standard InChI is InChI=1S/C21H23BrN6O4/c1-2-28-19(21(30)26-9-11-31-12-10-26)18(13-23-28)24-20(29)17-7-8-27(25-17)14-32-16-5-3-15(22)4-6-16/h3-8,13H,2,9-12,14H2,1H3,(H,24,29). The SMILES string of the molecule is CCn1ncc(NC(=O)c2ccn(COc3ccc(Br)cc3)n2)c1C(=O)N1CCOCC1. The fourth-order valence-corrected chi connectivity index (χ4v) is 3.54. The minimum absolute atomic E-state index is 0.156. The minimum atomic E-state index is -0.431. The molecule has 2 aromatic heterocycles. The Balaban J connectivity index is 1.43. The van der Waals surface area contributed by atoms with E-state index in [1.54, 1.807) is 21.8 Å². The molecule has 1 aromatic carbocycles. The first-order valence-electron chi connectivity index (χ1n) is 10.2. The van der Waals surface area contributed by atoms with Gasteiger partial charge in [0.15, 0.2) is 12.4 Å². The maximum Gasteiger partial charge on any atom is 0.276 e. The van der Waals surface area contributed by atoms with Crippen LogP contribution >= 0.6 is 15.9 Å². The van der Waals surface area contributed by atoms with Crippen LogP contribution in [0.5, 0.6) is 5.75 Å². The van der Waals surface area contributed by atoms with Gasteiger partial charge in [-0.15, -0.1) is 0 Å². The van der Waals surface area contributed by atoms with Crippen molar-refractivity contribution in [1.29, 1.82) is 0 Å². The summed E-state index contributed by atoms with van der Waals surface area (Å²) in [6.07, 6.45) is 3.14. The fraction of sp³-hybridized carbons (Fsp3) is 0.333. The number of morpholine rings is 1. The van der Waals surface area contributed by atoms with Crippen molar-refractivity contribution >= 4 is 33.4 Å². The Morgan fingerprint density at radius 2 is 1.94 bits per heavy atom. The number of rotatable bonds is 7. The Labute approximate surface area is 193 Å². The van der Waals surface area contributed by atoms with E-state index in [1.807, 2.05) is 31.2 Å². The molecule has 0 saturated carbocycles. The van der Waals surface area contributed by atoms with Crippen LogP contribution in [0.25, 0.3) is 0 Å². The molecule has 1 N–H and O–H groups in total. The number of aryl methyl sites for hydroxylation is 1. The van der Waals surface area contributed by atoms with E-state index >= 15 is 0 Å². The molecule has 2 amide bonds. The molecule has 4 rings (SSSR count). The van der Waals surface area contributed by atoms with Crippen LogP contribution in [-0.2, 0) is 18.0 Å². The summed E-state index contributed by atoms with van der Waals surface area (Å²) in [6, 6.07) is 9.01. The van der Waals surface area contributed by atoms with E-state index in [4.69, 9.17) is 9.47 Å². The van der Waals surface area contributed by atoms with Crippen molar-refractivity contribution < 1.29 is 19.1 Å². The zero-order valence-corrected chi connectivity index (χ0v) is 19.1. The van der Waals surface area contributed by atoms with Crippen molar-refractivity contribution in [2.75, 3.05) is 31.6 Å². The van der Waals surface area contributed by atoms with Crippen molar-refractivity contribution in [3.05, 3.63) is 58.6 Å². The van der Waals surface area contributed by atoms with Crippen LogP contribution < -0.4 is 10.1 Å². The molecule has 10 nitrogen and oxygen atoms in total. The zero-order valence-electron chi connectivity index (χ0n) is 17.5. The Hall–Kier alpha value is -3.18. The van der Waals surface area contributed by atoms with E-state index in [0.29, 0.717) is 50.0 Å². The molecular formula is C21H23BrN6O4. The Morgan fingerprint density at radius 3 is 2.66 bits per heavy atom. The van der Waals surface area contributed by atoms with E-state index in [1.165, 1.54) is 10.9 Å². The van der Waals surface area contributed by atoms with Crippen LogP contribution in [0.1, 0.15) is 27.9 Å². The lowest BCUT2D eigenvalue weighted by Crippen LogP contribution is -2.41. The Kier molecular flexibility index (Phi) is 6.86. The molecule has 0 spiro atoms. The van der Waals surface area contributed by atoms with Crippen molar-refractivity contribution in [2.24, 2.45) is 0 Å².